The van der Waals surface area contributed by atoms with E-state index in [0.717, 1.165) is 36.1 Å². The minimum atomic E-state index is 0. The first-order valence-corrected chi connectivity index (χ1v) is 7.84. The third-order valence-electron chi connectivity index (χ3n) is 3.73. The van der Waals surface area contributed by atoms with Crippen LogP contribution in [0.2, 0.25) is 5.02 Å². The highest BCUT2D eigenvalue weighted by atomic mass is 127. The molecule has 1 atom stereocenters. The van der Waals surface area contributed by atoms with Crippen molar-refractivity contribution in [3.05, 3.63) is 34.9 Å². The number of aliphatic imine (C=N–C) groups is 1. The molecule has 2 N–H and O–H groups in total. The number of benzene rings is 1. The molecular weight excluding hydrogens is 411 g/mol. The lowest BCUT2D eigenvalue weighted by Gasteiger charge is -2.24. The van der Waals surface area contributed by atoms with Crippen LogP contribution in [0.3, 0.4) is 0 Å². The summed E-state index contributed by atoms with van der Waals surface area (Å²) >= 11 is 6.14. The van der Waals surface area contributed by atoms with Crippen LogP contribution in [0.25, 0.3) is 0 Å². The van der Waals surface area contributed by atoms with Crippen molar-refractivity contribution in [2.24, 2.45) is 4.99 Å². The van der Waals surface area contributed by atoms with Crippen LogP contribution >= 0.6 is 35.6 Å². The van der Waals surface area contributed by atoms with Crippen LogP contribution in [-0.2, 0) is 6.54 Å². The average molecular weight is 439 g/mol. The summed E-state index contributed by atoms with van der Waals surface area (Å²) < 4.78 is 0. The minimum absolute atomic E-state index is 0. The van der Waals surface area contributed by atoms with Crippen molar-refractivity contribution >= 4 is 41.5 Å². The second-order valence-electron chi connectivity index (χ2n) is 5.18. The molecule has 1 aromatic carbocycles. The Morgan fingerprint density at radius 2 is 2.00 bits per heavy atom. The standard InChI is InChI=1S/C16H27ClN4.HI/c1-5-13(2)21(4)11-10-19-16(18-3)20-12-14-8-6-7-9-15(14)17;/h6-9,13H,5,10-12H2,1-4H3,(H2,18,19,20);1H. The summed E-state index contributed by atoms with van der Waals surface area (Å²) in [6.07, 6.45) is 1.16. The Balaban J connectivity index is 0.00000441. The Hall–Kier alpha value is -0.530. The number of guanidine groups is 1. The lowest BCUT2D eigenvalue weighted by Crippen LogP contribution is -2.42. The van der Waals surface area contributed by atoms with Gasteiger partial charge in [0.25, 0.3) is 0 Å². The second kappa shape index (κ2) is 12.0. The Morgan fingerprint density at radius 3 is 2.59 bits per heavy atom. The van der Waals surface area contributed by atoms with Crippen molar-refractivity contribution in [2.75, 3.05) is 27.2 Å². The summed E-state index contributed by atoms with van der Waals surface area (Å²) in [6, 6.07) is 8.43. The lowest BCUT2D eigenvalue weighted by molar-refractivity contribution is 0.255. The highest BCUT2D eigenvalue weighted by Crippen LogP contribution is 2.14. The topological polar surface area (TPSA) is 39.7 Å². The fourth-order valence-electron chi connectivity index (χ4n) is 1.92. The zero-order chi connectivity index (χ0) is 15.7. The van der Waals surface area contributed by atoms with E-state index < -0.39 is 0 Å². The van der Waals surface area contributed by atoms with E-state index in [1.54, 1.807) is 7.05 Å². The molecule has 0 aliphatic carbocycles. The van der Waals surface area contributed by atoms with E-state index in [9.17, 15) is 0 Å². The molecule has 0 saturated heterocycles. The second-order valence-corrected chi connectivity index (χ2v) is 5.59. The number of likely N-dealkylation sites (N-methyl/N-ethyl adjacent to an activating group) is 1. The number of nitrogens with zero attached hydrogens (tertiary/aromatic N) is 2. The van der Waals surface area contributed by atoms with Crippen LogP contribution in [0.5, 0.6) is 0 Å². The first kappa shape index (κ1) is 21.5. The largest absolute Gasteiger partial charge is 0.355 e. The van der Waals surface area contributed by atoms with Crippen molar-refractivity contribution in [3.63, 3.8) is 0 Å². The maximum absolute atomic E-state index is 6.14. The van der Waals surface area contributed by atoms with E-state index in [-0.39, 0.29) is 24.0 Å². The van der Waals surface area contributed by atoms with E-state index in [1.165, 1.54) is 0 Å². The van der Waals surface area contributed by atoms with Crippen LogP contribution in [0.1, 0.15) is 25.8 Å². The Morgan fingerprint density at radius 1 is 1.32 bits per heavy atom. The van der Waals surface area contributed by atoms with Crippen molar-refractivity contribution < 1.29 is 0 Å². The van der Waals surface area contributed by atoms with Gasteiger partial charge in [-0.2, -0.15) is 0 Å². The molecule has 126 valence electrons. The van der Waals surface area contributed by atoms with Gasteiger partial charge < -0.3 is 15.5 Å². The van der Waals surface area contributed by atoms with Gasteiger partial charge >= 0.3 is 0 Å². The summed E-state index contributed by atoms with van der Waals surface area (Å²) in [5.74, 6) is 0.799. The quantitative estimate of drug-likeness (QED) is 0.390. The molecule has 22 heavy (non-hydrogen) atoms. The van der Waals surface area contributed by atoms with Gasteiger partial charge in [0.1, 0.15) is 0 Å². The van der Waals surface area contributed by atoms with Gasteiger partial charge in [-0.3, -0.25) is 4.99 Å². The van der Waals surface area contributed by atoms with Crippen molar-refractivity contribution in [3.8, 4) is 0 Å². The monoisotopic (exact) mass is 438 g/mol. The molecule has 0 aromatic heterocycles. The Bertz CT molecular complexity index is 454. The number of halogens is 2. The van der Waals surface area contributed by atoms with E-state index in [2.05, 4.69) is 41.4 Å². The SMILES string of the molecule is CCC(C)N(C)CCNC(=NC)NCc1ccccc1Cl.I. The first-order valence-electron chi connectivity index (χ1n) is 7.46. The molecule has 0 radical (unpaired) electrons. The van der Waals surface area contributed by atoms with Gasteiger partial charge in [0, 0.05) is 37.7 Å². The van der Waals surface area contributed by atoms with Crippen molar-refractivity contribution in [2.45, 2.75) is 32.9 Å². The fourth-order valence-corrected chi connectivity index (χ4v) is 2.13. The normalized spacial score (nSPS) is 12.7. The number of hydrogen-bond acceptors (Lipinski definition) is 2. The first-order chi connectivity index (χ1) is 10.1. The average Bonchev–Trinajstić information content (AvgIpc) is 2.51. The zero-order valence-corrected chi connectivity index (χ0v) is 17.0. The fraction of sp³-hybridized carbons (Fsp3) is 0.562. The molecular formula is C16H28ClIN4. The minimum Gasteiger partial charge on any atom is -0.355 e. The van der Waals surface area contributed by atoms with Gasteiger partial charge in [0.05, 0.1) is 0 Å². The van der Waals surface area contributed by atoms with Gasteiger partial charge in [-0.1, -0.05) is 36.7 Å². The smallest absolute Gasteiger partial charge is 0.191 e. The molecule has 1 unspecified atom stereocenters. The summed E-state index contributed by atoms with van der Waals surface area (Å²) in [7, 11) is 3.93. The van der Waals surface area contributed by atoms with Crippen LogP contribution in [0, 0.1) is 0 Å². The van der Waals surface area contributed by atoms with Gasteiger partial charge in [-0.05, 0) is 32.0 Å². The van der Waals surface area contributed by atoms with E-state index >= 15 is 0 Å². The lowest BCUT2D eigenvalue weighted by atomic mass is 10.2. The molecule has 4 nitrogen and oxygen atoms in total. The molecule has 0 spiro atoms. The predicted octanol–water partition coefficient (Wildman–Crippen LogP) is 3.35. The molecule has 6 heteroatoms. The summed E-state index contributed by atoms with van der Waals surface area (Å²) in [5, 5.41) is 7.38. The van der Waals surface area contributed by atoms with E-state index in [1.807, 2.05) is 24.3 Å². The molecule has 0 bridgehead atoms. The van der Waals surface area contributed by atoms with Crippen LogP contribution in [-0.4, -0.2) is 44.1 Å². The number of rotatable bonds is 7. The summed E-state index contributed by atoms with van der Waals surface area (Å²) in [6.45, 7) is 6.97. The number of nitrogens with one attached hydrogen (secondary N) is 2. The molecule has 0 saturated carbocycles. The summed E-state index contributed by atoms with van der Waals surface area (Å²) in [5.41, 5.74) is 1.07. The molecule has 1 aromatic rings. The van der Waals surface area contributed by atoms with Gasteiger partial charge in [-0.15, -0.1) is 24.0 Å². The number of hydrogen-bond donors (Lipinski definition) is 2. The molecule has 0 amide bonds. The molecule has 1 rings (SSSR count). The zero-order valence-electron chi connectivity index (χ0n) is 13.9. The van der Waals surface area contributed by atoms with E-state index in [0.29, 0.717) is 12.6 Å². The Labute approximate surface area is 156 Å². The summed E-state index contributed by atoms with van der Waals surface area (Å²) in [4.78, 5) is 6.57. The van der Waals surface area contributed by atoms with Crippen LogP contribution in [0.4, 0.5) is 0 Å². The maximum atomic E-state index is 6.14. The maximum Gasteiger partial charge on any atom is 0.191 e. The van der Waals surface area contributed by atoms with Crippen LogP contribution < -0.4 is 10.6 Å². The van der Waals surface area contributed by atoms with Crippen molar-refractivity contribution in [1.29, 1.82) is 0 Å². The molecule has 0 fully saturated rings. The molecule has 0 heterocycles. The van der Waals surface area contributed by atoms with Gasteiger partial charge in [0.15, 0.2) is 5.96 Å². The molecule has 0 aliphatic heterocycles. The van der Waals surface area contributed by atoms with Crippen molar-refractivity contribution in [1.82, 2.24) is 15.5 Å². The third-order valence-corrected chi connectivity index (χ3v) is 4.10. The molecule has 0 aliphatic rings. The van der Waals surface area contributed by atoms with Crippen LogP contribution in [0.15, 0.2) is 29.3 Å². The van der Waals surface area contributed by atoms with E-state index in [4.69, 9.17) is 11.6 Å². The predicted molar refractivity (Wildman–Crippen MR) is 107 cm³/mol. The third kappa shape index (κ3) is 7.65. The highest BCUT2D eigenvalue weighted by molar-refractivity contribution is 14.0. The van der Waals surface area contributed by atoms with Gasteiger partial charge in [0.2, 0.25) is 0 Å². The highest BCUT2D eigenvalue weighted by Gasteiger charge is 2.06. The Kier molecular flexibility index (Phi) is 11.7. The van der Waals surface area contributed by atoms with Gasteiger partial charge in [-0.25, -0.2) is 0 Å².